The highest BCUT2D eigenvalue weighted by Crippen LogP contribution is 2.28. The fourth-order valence-corrected chi connectivity index (χ4v) is 3.62. The Morgan fingerprint density at radius 2 is 1.92 bits per heavy atom. The number of benzene rings is 1. The molecule has 25 heavy (non-hydrogen) atoms. The summed E-state index contributed by atoms with van der Waals surface area (Å²) in [6, 6.07) is 10.6. The molecule has 3 heterocycles. The Balaban J connectivity index is 1.53. The Morgan fingerprint density at radius 1 is 1.12 bits per heavy atom. The van der Waals surface area contributed by atoms with Crippen LogP contribution >= 0.6 is 0 Å². The molecular formula is C19H24N6. The second-order valence-electron chi connectivity index (χ2n) is 6.59. The number of H-pyrrole nitrogens is 1. The van der Waals surface area contributed by atoms with E-state index in [1.807, 2.05) is 4.68 Å². The predicted molar refractivity (Wildman–Crippen MR) is 97.1 cm³/mol. The number of nitrogens with zero attached hydrogens (tertiary/aromatic N) is 5. The smallest absolute Gasteiger partial charge is 0.150 e. The summed E-state index contributed by atoms with van der Waals surface area (Å²) in [5.41, 5.74) is 5.12. The lowest BCUT2D eigenvalue weighted by atomic mass is 10.0. The molecule has 1 aliphatic rings. The summed E-state index contributed by atoms with van der Waals surface area (Å²) in [6.07, 6.45) is 2.86. The first-order chi connectivity index (χ1) is 12.2. The second kappa shape index (κ2) is 6.80. The van der Waals surface area contributed by atoms with Crippen LogP contribution in [0.3, 0.4) is 0 Å². The average Bonchev–Trinajstić information content (AvgIpc) is 3.16. The molecule has 1 aromatic carbocycles. The lowest BCUT2D eigenvalue weighted by Crippen LogP contribution is -2.26. The van der Waals surface area contributed by atoms with Crippen LogP contribution in [0.4, 0.5) is 0 Å². The van der Waals surface area contributed by atoms with E-state index in [-0.39, 0.29) is 0 Å². The summed E-state index contributed by atoms with van der Waals surface area (Å²) in [4.78, 5) is 6.98. The Bertz CT molecular complexity index is 848. The molecule has 0 atom stereocenters. The van der Waals surface area contributed by atoms with E-state index in [1.165, 1.54) is 22.5 Å². The lowest BCUT2D eigenvalue weighted by Gasteiger charge is -2.18. The zero-order chi connectivity index (χ0) is 17.2. The van der Waals surface area contributed by atoms with Crippen molar-refractivity contribution in [1.29, 1.82) is 0 Å². The number of nitrogens with one attached hydrogen (secondary N) is 1. The first kappa shape index (κ1) is 16.0. The van der Waals surface area contributed by atoms with Crippen molar-refractivity contribution >= 4 is 0 Å². The van der Waals surface area contributed by atoms with Crippen LogP contribution in [-0.2, 0) is 32.9 Å². The lowest BCUT2D eigenvalue weighted by molar-refractivity contribution is 0.271. The van der Waals surface area contributed by atoms with Gasteiger partial charge in [0.2, 0.25) is 0 Å². The van der Waals surface area contributed by atoms with Crippen LogP contribution in [0.5, 0.6) is 0 Å². The minimum atomic E-state index is 0.823. The van der Waals surface area contributed by atoms with Crippen LogP contribution in [0.1, 0.15) is 29.8 Å². The van der Waals surface area contributed by atoms with Crippen LogP contribution in [0.25, 0.3) is 11.3 Å². The molecule has 0 amide bonds. The van der Waals surface area contributed by atoms with Gasteiger partial charge in [0.05, 0.1) is 17.9 Å². The topological polar surface area (TPSA) is 62.6 Å². The molecule has 0 saturated carbocycles. The molecule has 130 valence electrons. The van der Waals surface area contributed by atoms with Gasteiger partial charge in [-0.3, -0.25) is 14.7 Å². The molecule has 6 nitrogen and oxygen atoms in total. The van der Waals surface area contributed by atoms with Gasteiger partial charge in [0.1, 0.15) is 11.6 Å². The minimum absolute atomic E-state index is 0.823. The number of aromatic nitrogens is 5. The summed E-state index contributed by atoms with van der Waals surface area (Å²) in [7, 11) is 2.05. The number of rotatable bonds is 4. The van der Waals surface area contributed by atoms with Gasteiger partial charge in [-0.1, -0.05) is 37.3 Å². The third-order valence-corrected chi connectivity index (χ3v) is 4.89. The highest BCUT2D eigenvalue weighted by molar-refractivity contribution is 5.64. The minimum Gasteiger partial charge on any atom is -0.295 e. The van der Waals surface area contributed by atoms with Crippen LogP contribution in [0, 0.1) is 0 Å². The SMILES string of the molecule is CCc1n[nH]c(CN2CCc3nn(C)c(-c4ccccc4)c3CC2)n1. The summed E-state index contributed by atoms with van der Waals surface area (Å²) in [5, 5.41) is 12.1. The highest BCUT2D eigenvalue weighted by Gasteiger charge is 2.22. The number of aromatic amines is 1. The first-order valence-electron chi connectivity index (χ1n) is 8.97. The van der Waals surface area contributed by atoms with Gasteiger partial charge in [-0.2, -0.15) is 10.2 Å². The molecule has 3 aromatic rings. The Hall–Kier alpha value is -2.47. The fourth-order valence-electron chi connectivity index (χ4n) is 3.62. The van der Waals surface area contributed by atoms with Crippen molar-refractivity contribution in [2.24, 2.45) is 7.05 Å². The van der Waals surface area contributed by atoms with Gasteiger partial charge in [-0.05, 0) is 6.42 Å². The van der Waals surface area contributed by atoms with Crippen LogP contribution in [-0.4, -0.2) is 43.0 Å². The second-order valence-corrected chi connectivity index (χ2v) is 6.59. The average molecular weight is 336 g/mol. The number of hydrogen-bond acceptors (Lipinski definition) is 4. The van der Waals surface area contributed by atoms with E-state index in [1.54, 1.807) is 0 Å². The predicted octanol–water partition coefficient (Wildman–Crippen LogP) is 2.37. The maximum atomic E-state index is 4.80. The Labute approximate surface area is 147 Å². The zero-order valence-electron chi connectivity index (χ0n) is 14.9. The Morgan fingerprint density at radius 3 is 2.68 bits per heavy atom. The Kier molecular flexibility index (Phi) is 4.36. The highest BCUT2D eigenvalue weighted by atomic mass is 15.3. The van der Waals surface area contributed by atoms with Gasteiger partial charge in [0.15, 0.2) is 0 Å². The first-order valence-corrected chi connectivity index (χ1v) is 8.97. The molecule has 1 aliphatic heterocycles. The van der Waals surface area contributed by atoms with Gasteiger partial charge in [-0.25, -0.2) is 4.98 Å². The van der Waals surface area contributed by atoms with Gasteiger partial charge in [-0.15, -0.1) is 0 Å². The van der Waals surface area contributed by atoms with Gasteiger partial charge in [0, 0.05) is 44.1 Å². The third kappa shape index (κ3) is 3.22. The number of fused-ring (bicyclic) bond motifs is 1. The van der Waals surface area contributed by atoms with E-state index in [0.717, 1.165) is 50.5 Å². The van der Waals surface area contributed by atoms with E-state index in [2.05, 4.69) is 64.4 Å². The number of aryl methyl sites for hydroxylation is 2. The van der Waals surface area contributed by atoms with Crippen LogP contribution in [0.15, 0.2) is 30.3 Å². The van der Waals surface area contributed by atoms with Crippen molar-refractivity contribution in [2.75, 3.05) is 13.1 Å². The van der Waals surface area contributed by atoms with Crippen molar-refractivity contribution in [3.8, 4) is 11.3 Å². The summed E-state index contributed by atoms with van der Waals surface area (Å²) in [5.74, 6) is 1.85. The molecule has 1 N–H and O–H groups in total. The van der Waals surface area contributed by atoms with Crippen molar-refractivity contribution in [3.63, 3.8) is 0 Å². The molecule has 0 saturated heterocycles. The normalized spacial score (nSPS) is 15.1. The molecule has 0 unspecified atom stereocenters. The third-order valence-electron chi connectivity index (χ3n) is 4.89. The van der Waals surface area contributed by atoms with Crippen molar-refractivity contribution in [2.45, 2.75) is 32.7 Å². The van der Waals surface area contributed by atoms with E-state index < -0.39 is 0 Å². The molecule has 2 aromatic heterocycles. The van der Waals surface area contributed by atoms with Gasteiger partial charge < -0.3 is 0 Å². The van der Waals surface area contributed by atoms with Crippen LogP contribution in [0.2, 0.25) is 0 Å². The summed E-state index contributed by atoms with van der Waals surface area (Å²) < 4.78 is 2.04. The molecule has 0 fully saturated rings. The van der Waals surface area contributed by atoms with Gasteiger partial charge >= 0.3 is 0 Å². The largest absolute Gasteiger partial charge is 0.295 e. The summed E-state index contributed by atoms with van der Waals surface area (Å²) >= 11 is 0. The molecule has 0 bridgehead atoms. The molecule has 6 heteroatoms. The maximum Gasteiger partial charge on any atom is 0.150 e. The monoisotopic (exact) mass is 336 g/mol. The van der Waals surface area contributed by atoms with E-state index in [4.69, 9.17) is 5.10 Å². The molecule has 0 spiro atoms. The van der Waals surface area contributed by atoms with Crippen molar-refractivity contribution in [3.05, 3.63) is 53.2 Å². The maximum absolute atomic E-state index is 4.80. The summed E-state index contributed by atoms with van der Waals surface area (Å²) in [6.45, 7) is 4.91. The zero-order valence-corrected chi connectivity index (χ0v) is 14.9. The van der Waals surface area contributed by atoms with E-state index in [0.29, 0.717) is 0 Å². The number of hydrogen-bond donors (Lipinski definition) is 1. The van der Waals surface area contributed by atoms with E-state index in [9.17, 15) is 0 Å². The molecule has 0 aliphatic carbocycles. The molecule has 0 radical (unpaired) electrons. The quantitative estimate of drug-likeness (QED) is 0.794. The fraction of sp³-hybridized carbons (Fsp3) is 0.421. The van der Waals surface area contributed by atoms with Crippen LogP contribution < -0.4 is 0 Å². The van der Waals surface area contributed by atoms with Crippen molar-refractivity contribution in [1.82, 2.24) is 29.9 Å². The standard InChI is InChI=1S/C19H24N6/c1-3-17-20-18(22-21-17)13-25-11-9-15-16(10-12-25)23-24(2)19(15)14-7-5-4-6-8-14/h4-8H,3,9-13H2,1-2H3,(H,20,21,22). The van der Waals surface area contributed by atoms with E-state index >= 15 is 0 Å². The van der Waals surface area contributed by atoms with Crippen molar-refractivity contribution < 1.29 is 0 Å². The molecular weight excluding hydrogens is 312 g/mol. The molecule has 4 rings (SSSR count). The van der Waals surface area contributed by atoms with Gasteiger partial charge in [0.25, 0.3) is 0 Å².